The summed E-state index contributed by atoms with van der Waals surface area (Å²) in [6.45, 7) is 13.0. The molecule has 2 heterocycles. The molecule has 29 heavy (non-hydrogen) atoms. The summed E-state index contributed by atoms with van der Waals surface area (Å²) in [5.41, 5.74) is 2.04. The van der Waals surface area contributed by atoms with E-state index in [0.717, 1.165) is 19.3 Å². The number of hydrogen-bond donors (Lipinski definition) is 2. The lowest BCUT2D eigenvalue weighted by atomic mass is 9.96. The van der Waals surface area contributed by atoms with Crippen LogP contribution in [0.5, 0.6) is 0 Å². The topological polar surface area (TPSA) is 91.5 Å². The predicted octanol–water partition coefficient (Wildman–Crippen LogP) is 3.21. The van der Waals surface area contributed by atoms with Gasteiger partial charge in [0, 0.05) is 25.3 Å². The molecule has 1 saturated heterocycles. The Morgan fingerprint density at radius 1 is 1.21 bits per heavy atom. The van der Waals surface area contributed by atoms with Gasteiger partial charge in [0.1, 0.15) is 5.69 Å². The second kappa shape index (κ2) is 9.94. The highest BCUT2D eigenvalue weighted by molar-refractivity contribution is 6.00. The fraction of sp³-hybridized carbons (Fsp3) is 0.682. The van der Waals surface area contributed by atoms with Crippen molar-refractivity contribution in [3.63, 3.8) is 0 Å². The van der Waals surface area contributed by atoms with Crippen molar-refractivity contribution in [3.05, 3.63) is 22.5 Å². The number of amides is 2. The molecule has 0 unspecified atom stereocenters. The first kappa shape index (κ1) is 23.0. The van der Waals surface area contributed by atoms with E-state index in [2.05, 4.69) is 24.1 Å². The van der Waals surface area contributed by atoms with E-state index in [-0.39, 0.29) is 23.8 Å². The largest absolute Gasteiger partial charge is 0.459 e. The lowest BCUT2D eigenvalue weighted by Crippen LogP contribution is -2.46. The van der Waals surface area contributed by atoms with E-state index in [0.29, 0.717) is 48.1 Å². The van der Waals surface area contributed by atoms with Gasteiger partial charge in [0.15, 0.2) is 0 Å². The average Bonchev–Trinajstić information content (AvgIpc) is 2.94. The molecule has 2 N–H and O–H groups in total. The minimum atomic E-state index is -0.425. The third kappa shape index (κ3) is 5.84. The van der Waals surface area contributed by atoms with Crippen LogP contribution >= 0.6 is 0 Å². The highest BCUT2D eigenvalue weighted by Gasteiger charge is 2.31. The molecule has 7 nitrogen and oxygen atoms in total. The lowest BCUT2D eigenvalue weighted by molar-refractivity contribution is -0.126. The van der Waals surface area contributed by atoms with E-state index in [9.17, 15) is 14.4 Å². The molecule has 7 heteroatoms. The maximum absolute atomic E-state index is 13.1. The van der Waals surface area contributed by atoms with Crippen LogP contribution in [0.25, 0.3) is 0 Å². The maximum Gasteiger partial charge on any atom is 0.340 e. The number of piperidine rings is 1. The first-order valence-corrected chi connectivity index (χ1v) is 10.6. The fourth-order valence-corrected chi connectivity index (χ4v) is 3.71. The van der Waals surface area contributed by atoms with Crippen LogP contribution in [0, 0.1) is 25.7 Å². The molecular formula is C22H35N3O4. The number of esters is 1. The Morgan fingerprint density at radius 2 is 1.90 bits per heavy atom. The summed E-state index contributed by atoms with van der Waals surface area (Å²) in [5.74, 6) is -0.235. The zero-order valence-corrected chi connectivity index (χ0v) is 18.6. The second-order valence-electron chi connectivity index (χ2n) is 8.64. The molecule has 1 aliphatic heterocycles. The van der Waals surface area contributed by atoms with Gasteiger partial charge in [-0.2, -0.15) is 0 Å². The van der Waals surface area contributed by atoms with Crippen molar-refractivity contribution in [2.75, 3.05) is 19.6 Å². The van der Waals surface area contributed by atoms with E-state index < -0.39 is 5.97 Å². The van der Waals surface area contributed by atoms with Crippen LogP contribution in [0.4, 0.5) is 0 Å². The highest BCUT2D eigenvalue weighted by Crippen LogP contribution is 2.24. The van der Waals surface area contributed by atoms with Gasteiger partial charge in [0.05, 0.1) is 17.6 Å². The molecule has 0 spiro atoms. The molecule has 162 valence electrons. The Hall–Kier alpha value is -2.31. The van der Waals surface area contributed by atoms with Gasteiger partial charge >= 0.3 is 5.97 Å². The van der Waals surface area contributed by atoms with Gasteiger partial charge in [0.25, 0.3) is 5.91 Å². The van der Waals surface area contributed by atoms with Gasteiger partial charge in [0.2, 0.25) is 5.91 Å². The van der Waals surface area contributed by atoms with Crippen LogP contribution in [0.2, 0.25) is 0 Å². The number of aromatic nitrogens is 1. The number of rotatable bonds is 7. The molecule has 1 aromatic rings. The average molecular weight is 406 g/mol. The SMILES string of the molecule is Cc1[nH]c(C(=O)N2CCC[C@@H](C(=O)NCCC(C)C)C2)c(C)c1C(=O)OC(C)C. The third-order valence-electron chi connectivity index (χ3n) is 5.30. The van der Waals surface area contributed by atoms with Crippen LogP contribution in [0.1, 0.15) is 79.1 Å². The Balaban J connectivity index is 2.08. The summed E-state index contributed by atoms with van der Waals surface area (Å²) in [5, 5.41) is 2.99. The Labute approximate surface area is 173 Å². The van der Waals surface area contributed by atoms with Crippen LogP contribution in [-0.4, -0.2) is 53.4 Å². The van der Waals surface area contributed by atoms with E-state index in [1.54, 1.807) is 32.6 Å². The first-order valence-electron chi connectivity index (χ1n) is 10.6. The normalized spacial score (nSPS) is 17.0. The van der Waals surface area contributed by atoms with E-state index in [4.69, 9.17) is 4.74 Å². The summed E-state index contributed by atoms with van der Waals surface area (Å²) in [6, 6.07) is 0. The summed E-state index contributed by atoms with van der Waals surface area (Å²) >= 11 is 0. The third-order valence-corrected chi connectivity index (χ3v) is 5.30. The summed E-state index contributed by atoms with van der Waals surface area (Å²) in [4.78, 5) is 42.8. The van der Waals surface area contributed by atoms with Crippen molar-refractivity contribution >= 4 is 17.8 Å². The van der Waals surface area contributed by atoms with Gasteiger partial charge in [-0.25, -0.2) is 4.79 Å². The van der Waals surface area contributed by atoms with Crippen molar-refractivity contribution in [2.45, 2.75) is 66.9 Å². The molecule has 2 amide bonds. The zero-order valence-electron chi connectivity index (χ0n) is 18.6. The van der Waals surface area contributed by atoms with Crippen LogP contribution < -0.4 is 5.32 Å². The Bertz CT molecular complexity index is 751. The molecule has 1 aliphatic rings. The Kier molecular flexibility index (Phi) is 7.88. The number of carbonyl (C=O) groups is 3. The number of ether oxygens (including phenoxy) is 1. The quantitative estimate of drug-likeness (QED) is 0.682. The van der Waals surface area contributed by atoms with Crippen molar-refractivity contribution < 1.29 is 19.1 Å². The predicted molar refractivity (Wildman–Crippen MR) is 112 cm³/mol. The molecule has 0 bridgehead atoms. The first-order chi connectivity index (χ1) is 13.6. The summed E-state index contributed by atoms with van der Waals surface area (Å²) in [7, 11) is 0. The van der Waals surface area contributed by atoms with Crippen LogP contribution in [0.15, 0.2) is 0 Å². The number of nitrogens with zero attached hydrogens (tertiary/aromatic N) is 1. The van der Waals surface area contributed by atoms with Gasteiger partial charge in [-0.1, -0.05) is 13.8 Å². The number of hydrogen-bond acceptors (Lipinski definition) is 4. The van der Waals surface area contributed by atoms with Gasteiger partial charge in [-0.05, 0) is 58.4 Å². The number of nitrogens with one attached hydrogen (secondary N) is 2. The van der Waals surface area contributed by atoms with E-state index >= 15 is 0 Å². The summed E-state index contributed by atoms with van der Waals surface area (Å²) < 4.78 is 5.30. The monoisotopic (exact) mass is 405 g/mol. The molecule has 1 aromatic heterocycles. The van der Waals surface area contributed by atoms with Crippen molar-refractivity contribution in [3.8, 4) is 0 Å². The fourth-order valence-electron chi connectivity index (χ4n) is 3.71. The smallest absolute Gasteiger partial charge is 0.340 e. The second-order valence-corrected chi connectivity index (χ2v) is 8.64. The highest BCUT2D eigenvalue weighted by atomic mass is 16.5. The lowest BCUT2D eigenvalue weighted by Gasteiger charge is -2.32. The molecule has 0 radical (unpaired) electrons. The van der Waals surface area contributed by atoms with Crippen molar-refractivity contribution in [2.24, 2.45) is 11.8 Å². The molecular weight excluding hydrogens is 370 g/mol. The van der Waals surface area contributed by atoms with Crippen LogP contribution in [-0.2, 0) is 9.53 Å². The minimum absolute atomic E-state index is 0.0174. The maximum atomic E-state index is 13.1. The molecule has 1 fully saturated rings. The summed E-state index contributed by atoms with van der Waals surface area (Å²) in [6.07, 6.45) is 2.28. The van der Waals surface area contributed by atoms with Gasteiger partial charge < -0.3 is 19.9 Å². The minimum Gasteiger partial charge on any atom is -0.459 e. The van der Waals surface area contributed by atoms with E-state index in [1.807, 2.05) is 0 Å². The molecule has 1 atom stereocenters. The number of aromatic amines is 1. The molecule has 0 aliphatic carbocycles. The Morgan fingerprint density at radius 3 is 2.52 bits per heavy atom. The molecule has 0 saturated carbocycles. The number of carbonyl (C=O) groups excluding carboxylic acids is 3. The molecule has 0 aromatic carbocycles. The number of H-pyrrole nitrogens is 1. The van der Waals surface area contributed by atoms with Crippen molar-refractivity contribution in [1.82, 2.24) is 15.2 Å². The van der Waals surface area contributed by atoms with Gasteiger partial charge in [-0.15, -0.1) is 0 Å². The zero-order chi connectivity index (χ0) is 21.7. The number of aryl methyl sites for hydroxylation is 1. The van der Waals surface area contributed by atoms with E-state index in [1.165, 1.54) is 0 Å². The van der Waals surface area contributed by atoms with Crippen LogP contribution in [0.3, 0.4) is 0 Å². The van der Waals surface area contributed by atoms with Gasteiger partial charge in [-0.3, -0.25) is 9.59 Å². The molecule has 2 rings (SSSR count). The van der Waals surface area contributed by atoms with Crippen molar-refractivity contribution in [1.29, 1.82) is 0 Å². The number of likely N-dealkylation sites (tertiary alicyclic amines) is 1. The standard InChI is InChI=1S/C22H35N3O4/c1-13(2)9-10-23-20(26)17-8-7-11-25(12-17)21(27)19-15(5)18(16(6)24-19)22(28)29-14(3)4/h13-14,17,24H,7-12H2,1-6H3,(H,23,26)/t17-/m1/s1.